The highest BCUT2D eigenvalue weighted by Crippen LogP contribution is 2.27. The van der Waals surface area contributed by atoms with Crippen molar-refractivity contribution in [3.8, 4) is 0 Å². The average Bonchev–Trinajstić information content (AvgIpc) is 2.37. The van der Waals surface area contributed by atoms with E-state index in [9.17, 15) is 4.79 Å². The van der Waals surface area contributed by atoms with Crippen LogP contribution in [0.2, 0.25) is 5.02 Å². The van der Waals surface area contributed by atoms with Crippen molar-refractivity contribution in [2.75, 3.05) is 11.4 Å². The number of allylic oxidation sites excluding steroid dienone is 1. The van der Waals surface area contributed by atoms with Gasteiger partial charge in [0.15, 0.2) is 0 Å². The van der Waals surface area contributed by atoms with E-state index in [1.54, 1.807) is 12.3 Å². The van der Waals surface area contributed by atoms with E-state index < -0.39 is 0 Å². The first-order valence-corrected chi connectivity index (χ1v) is 6.81. The first-order chi connectivity index (χ1) is 9.04. The van der Waals surface area contributed by atoms with Gasteiger partial charge in [0.25, 0.3) is 5.56 Å². The molecule has 1 aliphatic heterocycles. The predicted octanol–water partition coefficient (Wildman–Crippen LogP) is 1.40. The number of nitrogens with two attached hydrogens (primary N) is 1. The lowest BCUT2D eigenvalue weighted by atomic mass is 9.99. The van der Waals surface area contributed by atoms with Crippen LogP contribution in [0.5, 0.6) is 0 Å². The van der Waals surface area contributed by atoms with Gasteiger partial charge < -0.3 is 10.6 Å². The molecule has 0 radical (unpaired) electrons. The molecule has 1 fully saturated rings. The smallest absolute Gasteiger partial charge is 0.287 e. The summed E-state index contributed by atoms with van der Waals surface area (Å²) in [5, 5.41) is 4.35. The quantitative estimate of drug-likeness (QED) is 0.851. The fourth-order valence-corrected chi connectivity index (χ4v) is 2.73. The van der Waals surface area contributed by atoms with Gasteiger partial charge >= 0.3 is 0 Å². The fraction of sp³-hybridized carbons (Fsp3) is 0.538. The van der Waals surface area contributed by atoms with Crippen LogP contribution in [-0.2, 0) is 6.54 Å². The van der Waals surface area contributed by atoms with E-state index in [4.69, 9.17) is 17.3 Å². The summed E-state index contributed by atoms with van der Waals surface area (Å²) in [5.74, 6) is 0. The molecule has 2 N–H and O–H groups in total. The minimum atomic E-state index is -0.277. The maximum atomic E-state index is 12.1. The Morgan fingerprint density at radius 2 is 2.42 bits per heavy atom. The molecule has 104 valence electrons. The Morgan fingerprint density at radius 3 is 3.05 bits per heavy atom. The first-order valence-electron chi connectivity index (χ1n) is 6.43. The molecule has 0 aromatic carbocycles. The van der Waals surface area contributed by atoms with Crippen LogP contribution in [0.1, 0.15) is 19.8 Å². The van der Waals surface area contributed by atoms with Crippen molar-refractivity contribution in [2.24, 2.45) is 5.73 Å². The van der Waals surface area contributed by atoms with Gasteiger partial charge in [-0.3, -0.25) is 4.79 Å². The Labute approximate surface area is 117 Å². The van der Waals surface area contributed by atoms with Crippen LogP contribution < -0.4 is 16.2 Å². The van der Waals surface area contributed by atoms with E-state index in [1.807, 2.05) is 0 Å². The monoisotopic (exact) mass is 282 g/mol. The average molecular weight is 283 g/mol. The lowest BCUT2D eigenvalue weighted by Crippen LogP contribution is -2.46. The lowest BCUT2D eigenvalue weighted by Gasteiger charge is -2.38. The molecular weight excluding hydrogens is 264 g/mol. The SMILES string of the molecule is C=CCn1ncc(N2CCC(N)CC2C)c(Cl)c1=O. The van der Waals surface area contributed by atoms with Crippen molar-refractivity contribution in [1.29, 1.82) is 0 Å². The summed E-state index contributed by atoms with van der Waals surface area (Å²) in [7, 11) is 0. The van der Waals surface area contributed by atoms with E-state index >= 15 is 0 Å². The second-order valence-corrected chi connectivity index (χ2v) is 5.32. The largest absolute Gasteiger partial charge is 0.366 e. The minimum Gasteiger partial charge on any atom is -0.366 e. The fourth-order valence-electron chi connectivity index (χ4n) is 2.48. The molecule has 2 heterocycles. The molecule has 0 bridgehead atoms. The lowest BCUT2D eigenvalue weighted by molar-refractivity contribution is 0.428. The Kier molecular flexibility index (Phi) is 4.27. The van der Waals surface area contributed by atoms with Crippen molar-refractivity contribution in [3.05, 3.63) is 34.2 Å². The van der Waals surface area contributed by atoms with E-state index in [0.717, 1.165) is 19.4 Å². The molecule has 0 aliphatic carbocycles. The van der Waals surface area contributed by atoms with Crippen LogP contribution >= 0.6 is 11.6 Å². The van der Waals surface area contributed by atoms with Gasteiger partial charge in [0.1, 0.15) is 5.02 Å². The summed E-state index contributed by atoms with van der Waals surface area (Å²) < 4.78 is 1.30. The van der Waals surface area contributed by atoms with Crippen LogP contribution in [0.25, 0.3) is 0 Å². The predicted molar refractivity (Wildman–Crippen MR) is 77.7 cm³/mol. The zero-order valence-electron chi connectivity index (χ0n) is 11.1. The first kappa shape index (κ1) is 14.1. The van der Waals surface area contributed by atoms with Crippen LogP contribution in [0.3, 0.4) is 0 Å². The third kappa shape index (κ3) is 2.82. The third-order valence-corrected chi connectivity index (χ3v) is 3.85. The summed E-state index contributed by atoms with van der Waals surface area (Å²) in [6, 6.07) is 0.483. The Morgan fingerprint density at radius 1 is 1.68 bits per heavy atom. The van der Waals surface area contributed by atoms with Gasteiger partial charge in [0.2, 0.25) is 0 Å². The summed E-state index contributed by atoms with van der Waals surface area (Å²) in [6.07, 6.45) is 5.07. The van der Waals surface area contributed by atoms with Gasteiger partial charge in [-0.1, -0.05) is 17.7 Å². The zero-order valence-corrected chi connectivity index (χ0v) is 11.8. The van der Waals surface area contributed by atoms with Crippen molar-refractivity contribution >= 4 is 17.3 Å². The van der Waals surface area contributed by atoms with Gasteiger partial charge in [0.05, 0.1) is 18.4 Å². The number of hydrogen-bond donors (Lipinski definition) is 1. The minimum absolute atomic E-state index is 0.221. The topological polar surface area (TPSA) is 64.2 Å². The van der Waals surface area contributed by atoms with Gasteiger partial charge in [-0.15, -0.1) is 6.58 Å². The van der Waals surface area contributed by atoms with E-state index in [1.165, 1.54) is 4.68 Å². The molecule has 6 heteroatoms. The number of aromatic nitrogens is 2. The number of halogens is 1. The Bertz CT molecular complexity index is 528. The third-order valence-electron chi connectivity index (χ3n) is 3.49. The van der Waals surface area contributed by atoms with E-state index in [0.29, 0.717) is 12.2 Å². The van der Waals surface area contributed by atoms with Gasteiger partial charge in [0, 0.05) is 18.6 Å². The number of anilines is 1. The molecule has 1 aromatic heterocycles. The van der Waals surface area contributed by atoms with E-state index in [2.05, 4.69) is 23.5 Å². The van der Waals surface area contributed by atoms with Crippen molar-refractivity contribution < 1.29 is 0 Å². The molecule has 2 unspecified atom stereocenters. The Balaban J connectivity index is 2.33. The zero-order chi connectivity index (χ0) is 14.0. The maximum Gasteiger partial charge on any atom is 0.287 e. The second kappa shape index (κ2) is 5.75. The summed E-state index contributed by atoms with van der Waals surface area (Å²) in [5.41, 5.74) is 6.37. The van der Waals surface area contributed by atoms with Gasteiger partial charge in [-0.25, -0.2) is 4.68 Å². The number of rotatable bonds is 3. The normalized spacial score (nSPS) is 23.4. The molecule has 0 spiro atoms. The number of nitrogens with zero attached hydrogens (tertiary/aromatic N) is 3. The molecule has 0 amide bonds. The molecule has 2 rings (SSSR count). The highest BCUT2D eigenvalue weighted by molar-refractivity contribution is 6.33. The maximum absolute atomic E-state index is 12.1. The van der Waals surface area contributed by atoms with Gasteiger partial charge in [-0.2, -0.15) is 5.10 Å². The Hall–Kier alpha value is -1.33. The highest BCUT2D eigenvalue weighted by atomic mass is 35.5. The van der Waals surface area contributed by atoms with Crippen molar-refractivity contribution in [2.45, 2.75) is 38.4 Å². The molecule has 19 heavy (non-hydrogen) atoms. The molecule has 1 aliphatic rings. The summed E-state index contributed by atoms with van der Waals surface area (Å²) in [6.45, 7) is 6.84. The van der Waals surface area contributed by atoms with Crippen LogP contribution in [-0.4, -0.2) is 28.4 Å². The molecule has 2 atom stereocenters. The van der Waals surface area contributed by atoms with Crippen molar-refractivity contribution in [1.82, 2.24) is 9.78 Å². The second-order valence-electron chi connectivity index (χ2n) is 4.95. The van der Waals surface area contributed by atoms with Crippen LogP contribution in [0, 0.1) is 0 Å². The molecular formula is C13H19ClN4O. The summed E-state index contributed by atoms with van der Waals surface area (Å²) >= 11 is 6.19. The molecule has 1 aromatic rings. The standard InChI is InChI=1S/C13H19ClN4O/c1-3-5-18-13(19)12(14)11(8-16-18)17-6-4-10(15)7-9(17)2/h3,8-10H,1,4-7,15H2,2H3. The molecule has 1 saturated heterocycles. The number of piperidine rings is 1. The van der Waals surface area contributed by atoms with E-state index in [-0.39, 0.29) is 22.7 Å². The van der Waals surface area contributed by atoms with Crippen LogP contribution in [0.4, 0.5) is 5.69 Å². The molecule has 5 nitrogen and oxygen atoms in total. The molecule has 0 saturated carbocycles. The van der Waals surface area contributed by atoms with Crippen LogP contribution in [0.15, 0.2) is 23.6 Å². The number of hydrogen-bond acceptors (Lipinski definition) is 4. The van der Waals surface area contributed by atoms with Crippen molar-refractivity contribution in [3.63, 3.8) is 0 Å². The summed E-state index contributed by atoms with van der Waals surface area (Å²) in [4.78, 5) is 14.2. The highest BCUT2D eigenvalue weighted by Gasteiger charge is 2.26. The van der Waals surface area contributed by atoms with Gasteiger partial charge in [-0.05, 0) is 19.8 Å².